The highest BCUT2D eigenvalue weighted by molar-refractivity contribution is 5.94. The second kappa shape index (κ2) is 4.92. The topological polar surface area (TPSA) is 84.0 Å². The Kier molecular flexibility index (Phi) is 3.54. The summed E-state index contributed by atoms with van der Waals surface area (Å²) in [6.45, 7) is 3.52. The van der Waals surface area contributed by atoms with Crippen molar-refractivity contribution < 1.29 is 14.1 Å². The van der Waals surface area contributed by atoms with E-state index in [0.717, 1.165) is 18.2 Å². The number of carbonyl (C=O) groups is 1. The molecule has 21 heavy (non-hydrogen) atoms. The third kappa shape index (κ3) is 2.51. The van der Waals surface area contributed by atoms with Crippen LogP contribution in [0.2, 0.25) is 0 Å². The van der Waals surface area contributed by atoms with E-state index in [1.54, 1.807) is 13.8 Å². The van der Waals surface area contributed by atoms with Gasteiger partial charge in [-0.25, -0.2) is 4.39 Å². The maximum absolute atomic E-state index is 13.4. The van der Waals surface area contributed by atoms with Crippen LogP contribution < -0.4 is 0 Å². The zero-order valence-corrected chi connectivity index (χ0v) is 11.9. The van der Waals surface area contributed by atoms with E-state index in [2.05, 4.69) is 0 Å². The SMILES string of the molecule is CC1(C)CCC(C#N)(Cc2cc(F)ccc2[N+](=O)[O-])C1=O. The lowest BCUT2D eigenvalue weighted by molar-refractivity contribution is -0.385. The predicted octanol–water partition coefficient (Wildman–Crippen LogP) is 3.18. The predicted molar refractivity (Wildman–Crippen MR) is 72.8 cm³/mol. The summed E-state index contributed by atoms with van der Waals surface area (Å²) < 4.78 is 13.4. The highest BCUT2D eigenvalue weighted by atomic mass is 19.1. The number of benzene rings is 1. The van der Waals surface area contributed by atoms with Crippen molar-refractivity contribution in [3.8, 4) is 6.07 Å². The lowest BCUT2D eigenvalue weighted by Gasteiger charge is -2.22. The minimum Gasteiger partial charge on any atom is -0.297 e. The number of rotatable bonds is 3. The van der Waals surface area contributed by atoms with E-state index in [1.807, 2.05) is 6.07 Å². The quantitative estimate of drug-likeness (QED) is 0.632. The summed E-state index contributed by atoms with van der Waals surface area (Å²) in [7, 11) is 0. The van der Waals surface area contributed by atoms with Gasteiger partial charge in [0.2, 0.25) is 0 Å². The van der Waals surface area contributed by atoms with Gasteiger partial charge in [0, 0.05) is 23.5 Å². The largest absolute Gasteiger partial charge is 0.297 e. The second-order valence-corrected chi connectivity index (χ2v) is 6.11. The molecule has 2 rings (SSSR count). The van der Waals surface area contributed by atoms with Gasteiger partial charge in [-0.2, -0.15) is 5.26 Å². The lowest BCUT2D eigenvalue weighted by Crippen LogP contribution is -2.33. The summed E-state index contributed by atoms with van der Waals surface area (Å²) in [5.41, 5.74) is -2.10. The van der Waals surface area contributed by atoms with Crippen LogP contribution in [-0.4, -0.2) is 10.7 Å². The summed E-state index contributed by atoms with van der Waals surface area (Å²) >= 11 is 0. The van der Waals surface area contributed by atoms with Crippen molar-refractivity contribution in [1.29, 1.82) is 5.26 Å². The maximum Gasteiger partial charge on any atom is 0.272 e. The van der Waals surface area contributed by atoms with E-state index in [9.17, 15) is 24.6 Å². The van der Waals surface area contributed by atoms with Crippen molar-refractivity contribution in [3.63, 3.8) is 0 Å². The van der Waals surface area contributed by atoms with Gasteiger partial charge in [-0.05, 0) is 25.0 Å². The molecule has 0 N–H and O–H groups in total. The number of hydrogen-bond donors (Lipinski definition) is 0. The van der Waals surface area contributed by atoms with Crippen LogP contribution in [0.4, 0.5) is 10.1 Å². The van der Waals surface area contributed by atoms with Crippen LogP contribution in [0.3, 0.4) is 0 Å². The first-order valence-corrected chi connectivity index (χ1v) is 6.61. The number of Topliss-reactive ketones (excluding diaryl/α,β-unsaturated/α-hetero) is 1. The Morgan fingerprint density at radius 2 is 2.10 bits per heavy atom. The fourth-order valence-electron chi connectivity index (χ4n) is 2.91. The van der Waals surface area contributed by atoms with Crippen molar-refractivity contribution >= 4 is 11.5 Å². The molecule has 0 amide bonds. The number of carbonyl (C=O) groups excluding carboxylic acids is 1. The van der Waals surface area contributed by atoms with E-state index in [4.69, 9.17) is 0 Å². The first-order valence-electron chi connectivity index (χ1n) is 6.61. The Hall–Kier alpha value is -2.29. The van der Waals surface area contributed by atoms with Crippen LogP contribution in [0.1, 0.15) is 32.3 Å². The van der Waals surface area contributed by atoms with E-state index in [1.165, 1.54) is 0 Å². The number of hydrogen-bond acceptors (Lipinski definition) is 4. The molecule has 0 aromatic heterocycles. The van der Waals surface area contributed by atoms with Gasteiger partial charge >= 0.3 is 0 Å². The molecule has 1 saturated carbocycles. The molecule has 1 aliphatic carbocycles. The molecular formula is C15H15FN2O3. The van der Waals surface area contributed by atoms with Gasteiger partial charge < -0.3 is 0 Å². The molecule has 1 fully saturated rings. The molecule has 1 aromatic rings. The van der Waals surface area contributed by atoms with E-state index >= 15 is 0 Å². The van der Waals surface area contributed by atoms with Crippen molar-refractivity contribution in [2.75, 3.05) is 0 Å². The van der Waals surface area contributed by atoms with E-state index < -0.39 is 21.6 Å². The van der Waals surface area contributed by atoms with Crippen LogP contribution >= 0.6 is 0 Å². The number of halogens is 1. The number of nitro groups is 1. The molecule has 0 spiro atoms. The van der Waals surface area contributed by atoms with Gasteiger partial charge in [0.1, 0.15) is 11.2 Å². The van der Waals surface area contributed by atoms with Crippen molar-refractivity contribution in [2.24, 2.45) is 10.8 Å². The van der Waals surface area contributed by atoms with Gasteiger partial charge in [-0.1, -0.05) is 13.8 Å². The molecule has 1 unspecified atom stereocenters. The molecule has 0 radical (unpaired) electrons. The third-order valence-electron chi connectivity index (χ3n) is 4.17. The average molecular weight is 290 g/mol. The number of nitro benzene ring substituents is 1. The minimum absolute atomic E-state index is 0.0904. The first kappa shape index (κ1) is 15.1. The zero-order chi connectivity index (χ0) is 15.8. The first-order chi connectivity index (χ1) is 9.72. The van der Waals surface area contributed by atoms with Crippen molar-refractivity contribution in [1.82, 2.24) is 0 Å². The molecule has 0 aliphatic heterocycles. The number of nitrogens with zero attached hydrogens (tertiary/aromatic N) is 2. The van der Waals surface area contributed by atoms with Crippen molar-refractivity contribution in [3.05, 3.63) is 39.7 Å². The summed E-state index contributed by atoms with van der Waals surface area (Å²) in [6, 6.07) is 5.13. The summed E-state index contributed by atoms with van der Waals surface area (Å²) in [4.78, 5) is 22.9. The fourth-order valence-corrected chi connectivity index (χ4v) is 2.91. The summed E-state index contributed by atoms with van der Waals surface area (Å²) in [6.07, 6.45) is 0.755. The maximum atomic E-state index is 13.4. The molecule has 0 saturated heterocycles. The monoisotopic (exact) mass is 290 g/mol. The van der Waals surface area contributed by atoms with Crippen LogP contribution in [-0.2, 0) is 11.2 Å². The minimum atomic E-state index is -1.30. The van der Waals surface area contributed by atoms with Gasteiger partial charge in [-0.15, -0.1) is 0 Å². The lowest BCUT2D eigenvalue weighted by atomic mass is 9.76. The Morgan fingerprint density at radius 3 is 2.57 bits per heavy atom. The highest BCUT2D eigenvalue weighted by Gasteiger charge is 2.52. The Labute approximate surface area is 121 Å². The van der Waals surface area contributed by atoms with Gasteiger partial charge in [0.05, 0.1) is 11.0 Å². The Bertz CT molecular complexity index is 663. The van der Waals surface area contributed by atoms with Gasteiger partial charge in [0.15, 0.2) is 5.78 Å². The smallest absolute Gasteiger partial charge is 0.272 e. The molecule has 0 bridgehead atoms. The normalized spacial score (nSPS) is 23.8. The van der Waals surface area contributed by atoms with Crippen molar-refractivity contribution in [2.45, 2.75) is 33.1 Å². The van der Waals surface area contributed by atoms with Gasteiger partial charge in [0.25, 0.3) is 5.69 Å². The molecule has 6 heteroatoms. The average Bonchev–Trinajstić information content (AvgIpc) is 2.63. The summed E-state index contributed by atoms with van der Waals surface area (Å²) in [5, 5.41) is 20.5. The second-order valence-electron chi connectivity index (χ2n) is 6.11. The number of ketones is 1. The Morgan fingerprint density at radius 1 is 1.43 bits per heavy atom. The molecule has 1 aliphatic rings. The summed E-state index contributed by atoms with van der Waals surface area (Å²) in [5.74, 6) is -0.843. The fraction of sp³-hybridized carbons (Fsp3) is 0.467. The third-order valence-corrected chi connectivity index (χ3v) is 4.17. The van der Waals surface area contributed by atoms with Crippen LogP contribution in [0.15, 0.2) is 18.2 Å². The van der Waals surface area contributed by atoms with E-state index in [-0.39, 0.29) is 23.5 Å². The molecule has 5 nitrogen and oxygen atoms in total. The number of nitriles is 1. The molecule has 1 atom stereocenters. The van der Waals surface area contributed by atoms with Crippen LogP contribution in [0.25, 0.3) is 0 Å². The van der Waals surface area contributed by atoms with Gasteiger partial charge in [-0.3, -0.25) is 14.9 Å². The van der Waals surface area contributed by atoms with Crippen LogP contribution in [0.5, 0.6) is 0 Å². The van der Waals surface area contributed by atoms with E-state index in [0.29, 0.717) is 12.8 Å². The molecule has 110 valence electrons. The molecular weight excluding hydrogens is 275 g/mol. The zero-order valence-electron chi connectivity index (χ0n) is 11.9. The molecule has 1 aromatic carbocycles. The van der Waals surface area contributed by atoms with Crippen LogP contribution in [0, 0.1) is 38.1 Å². The highest BCUT2D eigenvalue weighted by Crippen LogP contribution is 2.48. The Balaban J connectivity index is 2.46. The standard InChI is InChI=1S/C15H15FN2O3/c1-14(2)5-6-15(9-17,13(14)19)8-10-7-11(16)3-4-12(10)18(20)21/h3-4,7H,5-6,8H2,1-2H3. The molecule has 0 heterocycles.